The van der Waals surface area contributed by atoms with Crippen LogP contribution in [0, 0.1) is 11.6 Å². The van der Waals surface area contributed by atoms with Gasteiger partial charge in [-0.1, -0.05) is 0 Å². The number of hydrogen-bond donors (Lipinski definition) is 1. The molecule has 3 rings (SSSR count). The molecular formula is C17H17F2NO3. The molecule has 1 aliphatic heterocycles. The van der Waals surface area contributed by atoms with E-state index in [-0.39, 0.29) is 11.6 Å². The molecule has 4 nitrogen and oxygen atoms in total. The van der Waals surface area contributed by atoms with Gasteiger partial charge in [0.15, 0.2) is 0 Å². The largest absolute Gasteiger partial charge is 0.467 e. The molecule has 1 amide bonds. The van der Waals surface area contributed by atoms with Crippen molar-refractivity contribution in [3.63, 3.8) is 0 Å². The molecule has 1 aromatic carbocycles. The summed E-state index contributed by atoms with van der Waals surface area (Å²) >= 11 is 0. The Morgan fingerprint density at radius 2 is 2.22 bits per heavy atom. The maximum Gasteiger partial charge on any atom is 0.257 e. The highest BCUT2D eigenvalue weighted by Gasteiger charge is 2.33. The van der Waals surface area contributed by atoms with Crippen molar-refractivity contribution in [2.24, 2.45) is 0 Å². The number of aliphatic hydroxyl groups is 1. The molecule has 2 atom stereocenters. The first-order chi connectivity index (χ1) is 11.1. The fraction of sp³-hybridized carbons (Fsp3) is 0.353. The molecule has 2 unspecified atom stereocenters. The molecule has 1 N–H and O–H groups in total. The number of carbonyl (C=O) groups excluding carboxylic acids is 1. The second kappa shape index (κ2) is 6.50. The predicted octanol–water partition coefficient (Wildman–Crippen LogP) is 3.29. The van der Waals surface area contributed by atoms with Gasteiger partial charge in [0, 0.05) is 19.0 Å². The lowest BCUT2D eigenvalue weighted by molar-refractivity contribution is 0.0636. The number of rotatable bonds is 4. The predicted molar refractivity (Wildman–Crippen MR) is 78.7 cm³/mol. The average Bonchev–Trinajstić information content (AvgIpc) is 3.20. The standard InChI is InChI=1S/C17H17F2NO3/c18-11-5-6-14(19)13(9-11)17(22)20-7-1-3-12(20)10-15(21)16-4-2-8-23-16/h2,4-6,8-9,12,15,21H,1,3,7,10H2. The second-order valence-corrected chi connectivity index (χ2v) is 5.69. The van der Waals surface area contributed by atoms with Crippen molar-refractivity contribution in [1.29, 1.82) is 0 Å². The number of aliphatic hydroxyl groups excluding tert-OH is 1. The van der Waals surface area contributed by atoms with Crippen LogP contribution in [0.25, 0.3) is 0 Å². The molecule has 1 saturated heterocycles. The van der Waals surface area contributed by atoms with Gasteiger partial charge in [0.1, 0.15) is 23.5 Å². The summed E-state index contributed by atoms with van der Waals surface area (Å²) < 4.78 is 32.3. The van der Waals surface area contributed by atoms with Crippen molar-refractivity contribution in [1.82, 2.24) is 4.90 Å². The van der Waals surface area contributed by atoms with Crippen LogP contribution < -0.4 is 0 Å². The molecule has 0 radical (unpaired) electrons. The first-order valence-corrected chi connectivity index (χ1v) is 7.53. The molecule has 1 fully saturated rings. The van der Waals surface area contributed by atoms with Crippen LogP contribution in [0.4, 0.5) is 8.78 Å². The SMILES string of the molecule is O=C(c1cc(F)ccc1F)N1CCCC1CC(O)c1ccco1. The van der Waals surface area contributed by atoms with Crippen molar-refractivity contribution in [3.05, 3.63) is 59.6 Å². The van der Waals surface area contributed by atoms with Gasteiger partial charge in [0.05, 0.1) is 11.8 Å². The monoisotopic (exact) mass is 321 g/mol. The maximum atomic E-state index is 13.8. The minimum Gasteiger partial charge on any atom is -0.467 e. The second-order valence-electron chi connectivity index (χ2n) is 5.69. The zero-order valence-electron chi connectivity index (χ0n) is 12.4. The summed E-state index contributed by atoms with van der Waals surface area (Å²) in [4.78, 5) is 14.0. The number of hydrogen-bond acceptors (Lipinski definition) is 3. The molecule has 122 valence electrons. The number of amides is 1. The molecule has 23 heavy (non-hydrogen) atoms. The number of halogens is 2. The number of benzene rings is 1. The van der Waals surface area contributed by atoms with E-state index in [1.165, 1.54) is 11.2 Å². The van der Waals surface area contributed by atoms with E-state index in [4.69, 9.17) is 4.42 Å². The van der Waals surface area contributed by atoms with Crippen molar-refractivity contribution in [2.45, 2.75) is 31.4 Å². The molecule has 1 aliphatic rings. The Labute approximate surface area is 132 Å². The van der Waals surface area contributed by atoms with Crippen LogP contribution in [0.1, 0.15) is 41.5 Å². The van der Waals surface area contributed by atoms with E-state index >= 15 is 0 Å². The first-order valence-electron chi connectivity index (χ1n) is 7.53. The third kappa shape index (κ3) is 3.27. The van der Waals surface area contributed by atoms with Gasteiger partial charge in [0.2, 0.25) is 0 Å². The maximum absolute atomic E-state index is 13.8. The van der Waals surface area contributed by atoms with Crippen LogP contribution >= 0.6 is 0 Å². The lowest BCUT2D eigenvalue weighted by Crippen LogP contribution is -2.37. The third-order valence-corrected chi connectivity index (χ3v) is 4.16. The molecule has 6 heteroatoms. The molecule has 2 heterocycles. The molecule has 1 aromatic heterocycles. The topological polar surface area (TPSA) is 53.7 Å². The van der Waals surface area contributed by atoms with E-state index in [0.29, 0.717) is 25.1 Å². The summed E-state index contributed by atoms with van der Waals surface area (Å²) in [6, 6.07) is 5.96. The number of carbonyl (C=O) groups is 1. The average molecular weight is 321 g/mol. The Bertz CT molecular complexity index is 687. The van der Waals surface area contributed by atoms with E-state index in [9.17, 15) is 18.7 Å². The molecule has 0 saturated carbocycles. The van der Waals surface area contributed by atoms with Crippen molar-refractivity contribution in [3.8, 4) is 0 Å². The van der Waals surface area contributed by atoms with Gasteiger partial charge in [-0.3, -0.25) is 4.79 Å². The summed E-state index contributed by atoms with van der Waals surface area (Å²) in [6.07, 6.45) is 2.41. The van der Waals surface area contributed by atoms with Crippen LogP contribution in [0.2, 0.25) is 0 Å². The Morgan fingerprint density at radius 1 is 1.39 bits per heavy atom. The summed E-state index contributed by atoms with van der Waals surface area (Å²) in [7, 11) is 0. The van der Waals surface area contributed by atoms with Gasteiger partial charge >= 0.3 is 0 Å². The van der Waals surface area contributed by atoms with Gasteiger partial charge < -0.3 is 14.4 Å². The first kappa shape index (κ1) is 15.7. The highest BCUT2D eigenvalue weighted by molar-refractivity contribution is 5.94. The van der Waals surface area contributed by atoms with Crippen LogP contribution in [-0.2, 0) is 0 Å². The minimum atomic E-state index is -0.833. The Hall–Kier alpha value is -2.21. The molecular weight excluding hydrogens is 304 g/mol. The van der Waals surface area contributed by atoms with Gasteiger partial charge in [-0.05, 0) is 43.2 Å². The minimum absolute atomic E-state index is 0.231. The lowest BCUT2D eigenvalue weighted by atomic mass is 10.0. The fourth-order valence-electron chi connectivity index (χ4n) is 3.02. The third-order valence-electron chi connectivity index (χ3n) is 4.16. The van der Waals surface area contributed by atoms with Crippen LogP contribution in [0.15, 0.2) is 41.0 Å². The summed E-state index contributed by atoms with van der Waals surface area (Å²) in [6.45, 7) is 0.463. The Morgan fingerprint density at radius 3 is 2.96 bits per heavy atom. The van der Waals surface area contributed by atoms with Gasteiger partial charge in [-0.15, -0.1) is 0 Å². The molecule has 0 spiro atoms. The number of nitrogens with zero attached hydrogens (tertiary/aromatic N) is 1. The van der Waals surface area contributed by atoms with Crippen molar-refractivity contribution >= 4 is 5.91 Å². The fourth-order valence-corrected chi connectivity index (χ4v) is 3.02. The van der Waals surface area contributed by atoms with Crippen LogP contribution in [0.3, 0.4) is 0 Å². The van der Waals surface area contributed by atoms with E-state index in [1.54, 1.807) is 12.1 Å². The summed E-state index contributed by atoms with van der Waals surface area (Å²) in [5, 5.41) is 10.2. The van der Waals surface area contributed by atoms with E-state index in [0.717, 1.165) is 24.6 Å². The zero-order chi connectivity index (χ0) is 16.4. The molecule has 0 bridgehead atoms. The number of likely N-dealkylation sites (tertiary alicyclic amines) is 1. The van der Waals surface area contributed by atoms with Crippen molar-refractivity contribution < 1.29 is 23.1 Å². The zero-order valence-corrected chi connectivity index (χ0v) is 12.4. The van der Waals surface area contributed by atoms with E-state index in [2.05, 4.69) is 0 Å². The van der Waals surface area contributed by atoms with Crippen LogP contribution in [-0.4, -0.2) is 28.5 Å². The highest BCUT2D eigenvalue weighted by atomic mass is 19.1. The molecule has 0 aliphatic carbocycles. The van der Waals surface area contributed by atoms with Gasteiger partial charge in [0.25, 0.3) is 5.91 Å². The summed E-state index contributed by atoms with van der Waals surface area (Å²) in [5.41, 5.74) is -0.274. The highest BCUT2D eigenvalue weighted by Crippen LogP contribution is 2.29. The van der Waals surface area contributed by atoms with E-state index < -0.39 is 23.6 Å². The number of furan rings is 1. The van der Waals surface area contributed by atoms with Crippen molar-refractivity contribution in [2.75, 3.05) is 6.54 Å². The lowest BCUT2D eigenvalue weighted by Gasteiger charge is -2.26. The Kier molecular flexibility index (Phi) is 4.43. The Balaban J connectivity index is 1.76. The smallest absolute Gasteiger partial charge is 0.257 e. The van der Waals surface area contributed by atoms with Gasteiger partial charge in [-0.2, -0.15) is 0 Å². The van der Waals surface area contributed by atoms with E-state index in [1.807, 2.05) is 0 Å². The van der Waals surface area contributed by atoms with Gasteiger partial charge in [-0.25, -0.2) is 8.78 Å². The van der Waals surface area contributed by atoms with Crippen LogP contribution in [0.5, 0.6) is 0 Å². The summed E-state index contributed by atoms with van der Waals surface area (Å²) in [5.74, 6) is -1.51. The quantitative estimate of drug-likeness (QED) is 0.940. The molecule has 2 aromatic rings. The normalized spacial score (nSPS) is 19.1.